The lowest BCUT2D eigenvalue weighted by Crippen LogP contribution is -2.53. The number of ether oxygens (including phenoxy) is 1. The highest BCUT2D eigenvalue weighted by atomic mass is 16.6. The van der Waals surface area contributed by atoms with Crippen molar-refractivity contribution >= 4 is 0 Å². The van der Waals surface area contributed by atoms with Gasteiger partial charge in [0.05, 0.1) is 19.8 Å². The molecule has 0 aromatic carbocycles. The molecular weight excluding hydrogens is 358 g/mol. The van der Waals surface area contributed by atoms with Gasteiger partial charge in [-0.25, -0.2) is 0 Å². The van der Waals surface area contributed by atoms with Gasteiger partial charge >= 0.3 is 0 Å². The molecule has 5 fully saturated rings. The normalized spacial score (nSPS) is 49.0. The van der Waals surface area contributed by atoms with Gasteiger partial charge in [0.15, 0.2) is 0 Å². The monoisotopic (exact) mass is 403 g/mol. The fourth-order valence-corrected chi connectivity index (χ4v) is 9.16. The van der Waals surface area contributed by atoms with E-state index in [0.29, 0.717) is 16.9 Å². The standard InChI is InChI=1S/C25H42O.CH3NO/c1-17(7-9-19-16-26-19)21-11-12-22-20-10-8-18-6-4-5-14-24(18,2)23(20)13-15-25(21,22)3;1-2-3/h17-23H,4-16H2,1-3H3;1H3/t17-,18?,19?,20?,21?,22?,23?,24?,25?;/m1./s1. The first-order valence-corrected chi connectivity index (χ1v) is 12.8. The van der Waals surface area contributed by atoms with Gasteiger partial charge in [-0.1, -0.05) is 38.8 Å². The molecular formula is C26H45NO2. The summed E-state index contributed by atoms with van der Waals surface area (Å²) in [4.78, 5) is 8.56. The quantitative estimate of drug-likeness (QED) is 0.367. The summed E-state index contributed by atoms with van der Waals surface area (Å²) in [6.45, 7) is 9.07. The first-order valence-electron chi connectivity index (χ1n) is 12.8. The van der Waals surface area contributed by atoms with E-state index in [1.807, 2.05) is 0 Å². The number of nitroso groups, excluding NO2 is 1. The minimum atomic E-state index is 0.625. The molecule has 8 unspecified atom stereocenters. The van der Waals surface area contributed by atoms with Crippen molar-refractivity contribution in [1.82, 2.24) is 0 Å². The summed E-state index contributed by atoms with van der Waals surface area (Å²) in [6, 6.07) is 0. The molecule has 0 radical (unpaired) electrons. The van der Waals surface area contributed by atoms with Crippen LogP contribution in [-0.4, -0.2) is 19.8 Å². The maximum absolute atomic E-state index is 8.56. The topological polar surface area (TPSA) is 42.0 Å². The van der Waals surface area contributed by atoms with E-state index in [0.717, 1.165) is 42.1 Å². The van der Waals surface area contributed by atoms with E-state index in [-0.39, 0.29) is 0 Å². The van der Waals surface area contributed by atoms with Gasteiger partial charge in [-0.3, -0.25) is 0 Å². The summed E-state index contributed by atoms with van der Waals surface area (Å²) in [5.74, 6) is 6.14. The lowest BCUT2D eigenvalue weighted by molar-refractivity contribution is -0.114. The maximum Gasteiger partial charge on any atom is 0.0810 e. The molecule has 1 saturated heterocycles. The van der Waals surface area contributed by atoms with Crippen molar-refractivity contribution in [2.75, 3.05) is 13.7 Å². The Kier molecular flexibility index (Phi) is 6.46. The molecule has 1 heterocycles. The summed E-state index contributed by atoms with van der Waals surface area (Å²) in [7, 11) is 1.19. The third-order valence-corrected chi connectivity index (χ3v) is 10.7. The van der Waals surface area contributed by atoms with Gasteiger partial charge in [0, 0.05) is 0 Å². The van der Waals surface area contributed by atoms with Crippen molar-refractivity contribution in [3.8, 4) is 0 Å². The first kappa shape index (κ1) is 21.8. The number of rotatable bonds is 4. The fourth-order valence-electron chi connectivity index (χ4n) is 9.16. The van der Waals surface area contributed by atoms with E-state index in [4.69, 9.17) is 9.64 Å². The van der Waals surface area contributed by atoms with Crippen LogP contribution in [0.2, 0.25) is 0 Å². The zero-order valence-electron chi connectivity index (χ0n) is 19.5. The van der Waals surface area contributed by atoms with Crippen LogP contribution in [0.1, 0.15) is 97.8 Å². The minimum absolute atomic E-state index is 0.625. The van der Waals surface area contributed by atoms with Crippen LogP contribution >= 0.6 is 0 Å². The molecule has 5 aliphatic rings. The molecule has 9 atom stereocenters. The second-order valence-electron chi connectivity index (χ2n) is 11.8. The largest absolute Gasteiger partial charge is 0.373 e. The molecule has 0 bridgehead atoms. The van der Waals surface area contributed by atoms with Crippen molar-refractivity contribution in [3.63, 3.8) is 0 Å². The zero-order valence-corrected chi connectivity index (χ0v) is 19.5. The molecule has 0 aromatic heterocycles. The van der Waals surface area contributed by atoms with Gasteiger partial charge in [-0.2, -0.15) is 4.91 Å². The Morgan fingerprint density at radius 2 is 1.69 bits per heavy atom. The van der Waals surface area contributed by atoms with E-state index in [9.17, 15) is 0 Å². The van der Waals surface area contributed by atoms with Crippen molar-refractivity contribution < 1.29 is 4.74 Å². The summed E-state index contributed by atoms with van der Waals surface area (Å²) in [6.07, 6.45) is 18.8. The summed E-state index contributed by atoms with van der Waals surface area (Å²) in [5, 5.41) is 2.25. The van der Waals surface area contributed by atoms with Crippen molar-refractivity contribution in [3.05, 3.63) is 4.91 Å². The lowest BCUT2D eigenvalue weighted by Gasteiger charge is -2.61. The second-order valence-corrected chi connectivity index (χ2v) is 11.8. The van der Waals surface area contributed by atoms with E-state index in [2.05, 4.69) is 25.9 Å². The number of epoxide rings is 1. The summed E-state index contributed by atoms with van der Waals surface area (Å²) >= 11 is 0. The summed E-state index contributed by atoms with van der Waals surface area (Å²) in [5.41, 5.74) is 1.36. The molecule has 1 aliphatic heterocycles. The van der Waals surface area contributed by atoms with Gasteiger partial charge in [0.25, 0.3) is 0 Å². The number of hydrogen-bond acceptors (Lipinski definition) is 3. The Labute approximate surface area is 179 Å². The van der Waals surface area contributed by atoms with Crippen LogP contribution in [0.3, 0.4) is 0 Å². The van der Waals surface area contributed by atoms with E-state index >= 15 is 0 Å². The molecule has 5 rings (SSSR count). The predicted octanol–water partition coefficient (Wildman–Crippen LogP) is 7.23. The molecule has 0 spiro atoms. The van der Waals surface area contributed by atoms with E-state index in [1.54, 1.807) is 38.5 Å². The van der Waals surface area contributed by atoms with Crippen molar-refractivity contribution in [2.45, 2.75) is 104 Å². The highest BCUT2D eigenvalue weighted by Crippen LogP contribution is 2.68. The molecule has 4 saturated carbocycles. The minimum Gasteiger partial charge on any atom is -0.373 e. The van der Waals surface area contributed by atoms with Crippen LogP contribution in [0.4, 0.5) is 0 Å². The SMILES string of the molecule is CN=O.C[C@H](CCC1CO1)C1CCC2C3CCC4CCCCC4(C)C3CCC21C. The van der Waals surface area contributed by atoms with Crippen molar-refractivity contribution in [2.24, 2.45) is 51.5 Å². The predicted molar refractivity (Wildman–Crippen MR) is 120 cm³/mol. The average molecular weight is 404 g/mol. The lowest BCUT2D eigenvalue weighted by atomic mass is 9.44. The second kappa shape index (κ2) is 8.60. The van der Waals surface area contributed by atoms with Crippen LogP contribution < -0.4 is 0 Å². The molecule has 0 N–H and O–H groups in total. The highest BCUT2D eigenvalue weighted by molar-refractivity contribution is 5.09. The van der Waals surface area contributed by atoms with Crippen LogP contribution in [0.5, 0.6) is 0 Å². The van der Waals surface area contributed by atoms with Gasteiger partial charge in [0.2, 0.25) is 0 Å². The van der Waals surface area contributed by atoms with Gasteiger partial charge in [-0.15, -0.1) is 0 Å². The van der Waals surface area contributed by atoms with Gasteiger partial charge < -0.3 is 4.74 Å². The smallest absolute Gasteiger partial charge is 0.0810 e. The Morgan fingerprint density at radius 1 is 0.966 bits per heavy atom. The Morgan fingerprint density at radius 3 is 2.41 bits per heavy atom. The van der Waals surface area contributed by atoms with E-state index in [1.165, 1.54) is 45.6 Å². The molecule has 0 amide bonds. The first-order chi connectivity index (χ1) is 13.9. The third-order valence-electron chi connectivity index (χ3n) is 10.7. The Balaban J connectivity index is 0.000000645. The number of hydrogen-bond donors (Lipinski definition) is 0. The molecule has 29 heavy (non-hydrogen) atoms. The third kappa shape index (κ3) is 3.94. The van der Waals surface area contributed by atoms with Crippen LogP contribution in [0.25, 0.3) is 0 Å². The zero-order chi connectivity index (χ0) is 20.6. The average Bonchev–Trinajstić information content (AvgIpc) is 3.46. The number of fused-ring (bicyclic) bond motifs is 5. The number of nitrogens with zero attached hydrogens (tertiary/aromatic N) is 1. The molecule has 3 nitrogen and oxygen atoms in total. The Hall–Kier alpha value is -0.440. The summed E-state index contributed by atoms with van der Waals surface area (Å²) < 4.78 is 5.49. The van der Waals surface area contributed by atoms with Crippen LogP contribution in [-0.2, 0) is 4.74 Å². The highest BCUT2D eigenvalue weighted by Gasteiger charge is 2.60. The van der Waals surface area contributed by atoms with Crippen molar-refractivity contribution in [1.29, 1.82) is 0 Å². The van der Waals surface area contributed by atoms with Crippen LogP contribution in [0, 0.1) is 51.2 Å². The molecule has 4 aliphatic carbocycles. The maximum atomic E-state index is 8.56. The molecule has 0 aromatic rings. The fraction of sp³-hybridized carbons (Fsp3) is 1.00. The molecule has 3 heteroatoms. The van der Waals surface area contributed by atoms with Gasteiger partial charge in [-0.05, 0) is 111 Å². The van der Waals surface area contributed by atoms with Gasteiger partial charge in [0.1, 0.15) is 0 Å². The van der Waals surface area contributed by atoms with Crippen LogP contribution in [0.15, 0.2) is 5.18 Å². The Bertz CT molecular complexity index is 575. The molecule has 166 valence electrons. The van der Waals surface area contributed by atoms with E-state index < -0.39 is 0 Å².